The zero-order valence-corrected chi connectivity index (χ0v) is 12.5. The molecule has 0 unspecified atom stereocenters. The fourth-order valence-electron chi connectivity index (χ4n) is 1.74. The van der Waals surface area contributed by atoms with E-state index in [1.165, 1.54) is 0 Å². The average Bonchev–Trinajstić information content (AvgIpc) is 2.37. The van der Waals surface area contributed by atoms with Crippen LogP contribution in [0, 0.1) is 5.92 Å². The summed E-state index contributed by atoms with van der Waals surface area (Å²) in [5.41, 5.74) is 7.20. The van der Waals surface area contributed by atoms with Crippen LogP contribution in [0.3, 0.4) is 0 Å². The van der Waals surface area contributed by atoms with Gasteiger partial charge in [0.1, 0.15) is 0 Å². The molecule has 0 aromatic heterocycles. The van der Waals surface area contributed by atoms with Gasteiger partial charge in [0.05, 0.1) is 0 Å². The Kier molecular flexibility index (Phi) is 6.12. The first-order valence-electron chi connectivity index (χ1n) is 6.39. The van der Waals surface area contributed by atoms with Crippen molar-refractivity contribution >= 4 is 17.4 Å². The molecule has 0 atom stereocenters. The summed E-state index contributed by atoms with van der Waals surface area (Å²) in [6.07, 6.45) is 1.16. The molecule has 0 aliphatic rings. The number of benzene rings is 1. The summed E-state index contributed by atoms with van der Waals surface area (Å²) < 4.78 is 0. The Morgan fingerprint density at radius 3 is 2.68 bits per heavy atom. The van der Waals surface area contributed by atoms with Gasteiger partial charge in [-0.25, -0.2) is 0 Å². The Labute approximate surface area is 119 Å². The van der Waals surface area contributed by atoms with Crippen LogP contribution in [-0.2, 0) is 6.54 Å². The molecule has 0 bridgehead atoms. The second-order valence-corrected chi connectivity index (χ2v) is 5.62. The standard InChI is InChI=1S/C14H22ClN3O/c1-10(2)6-7-18(3)9-12-5-4-11(8-13(12)15)14(16)17-19/h4-5,8,10,19H,6-7,9H2,1-3H3,(H2,16,17). The van der Waals surface area contributed by atoms with Crippen LogP contribution >= 0.6 is 11.6 Å². The first-order chi connectivity index (χ1) is 8.93. The van der Waals surface area contributed by atoms with Crippen molar-refractivity contribution in [3.63, 3.8) is 0 Å². The molecule has 0 aliphatic carbocycles. The number of halogens is 1. The third kappa shape index (κ3) is 5.09. The second kappa shape index (κ2) is 7.36. The smallest absolute Gasteiger partial charge is 0.170 e. The maximum Gasteiger partial charge on any atom is 0.170 e. The molecule has 0 saturated heterocycles. The van der Waals surface area contributed by atoms with E-state index >= 15 is 0 Å². The van der Waals surface area contributed by atoms with Crippen LogP contribution in [0.5, 0.6) is 0 Å². The Morgan fingerprint density at radius 2 is 2.16 bits per heavy atom. The van der Waals surface area contributed by atoms with Gasteiger partial charge in [0.2, 0.25) is 0 Å². The fourth-order valence-corrected chi connectivity index (χ4v) is 1.98. The number of nitrogens with two attached hydrogens (primary N) is 1. The van der Waals surface area contributed by atoms with Crippen LogP contribution in [0.1, 0.15) is 31.4 Å². The van der Waals surface area contributed by atoms with Gasteiger partial charge in [-0.3, -0.25) is 0 Å². The lowest BCUT2D eigenvalue weighted by Gasteiger charge is -2.18. The number of amidine groups is 1. The summed E-state index contributed by atoms with van der Waals surface area (Å²) in [6, 6.07) is 5.45. The van der Waals surface area contributed by atoms with Crippen molar-refractivity contribution in [3.05, 3.63) is 34.3 Å². The predicted octanol–water partition coefficient (Wildman–Crippen LogP) is 2.91. The molecule has 1 aromatic rings. The average molecular weight is 284 g/mol. The van der Waals surface area contributed by atoms with Crippen molar-refractivity contribution in [2.24, 2.45) is 16.8 Å². The van der Waals surface area contributed by atoms with Crippen molar-refractivity contribution in [1.29, 1.82) is 0 Å². The van der Waals surface area contributed by atoms with Crippen LogP contribution in [0.15, 0.2) is 23.4 Å². The highest BCUT2D eigenvalue weighted by atomic mass is 35.5. The van der Waals surface area contributed by atoms with Crippen molar-refractivity contribution < 1.29 is 5.21 Å². The first-order valence-corrected chi connectivity index (χ1v) is 6.76. The Balaban J connectivity index is 2.69. The van der Waals surface area contributed by atoms with Gasteiger partial charge < -0.3 is 15.8 Å². The highest BCUT2D eigenvalue weighted by Crippen LogP contribution is 2.19. The van der Waals surface area contributed by atoms with Crippen LogP contribution in [0.25, 0.3) is 0 Å². The van der Waals surface area contributed by atoms with Gasteiger partial charge in [0.25, 0.3) is 0 Å². The second-order valence-electron chi connectivity index (χ2n) is 5.21. The largest absolute Gasteiger partial charge is 0.409 e. The monoisotopic (exact) mass is 283 g/mol. The number of rotatable bonds is 6. The molecule has 4 nitrogen and oxygen atoms in total. The number of hydrogen-bond acceptors (Lipinski definition) is 3. The minimum Gasteiger partial charge on any atom is -0.409 e. The van der Waals surface area contributed by atoms with E-state index < -0.39 is 0 Å². The molecule has 0 radical (unpaired) electrons. The van der Waals surface area contributed by atoms with Crippen LogP contribution < -0.4 is 5.73 Å². The highest BCUT2D eigenvalue weighted by Gasteiger charge is 2.08. The number of oxime groups is 1. The lowest BCUT2D eigenvalue weighted by Crippen LogP contribution is -2.21. The maximum absolute atomic E-state index is 8.63. The lowest BCUT2D eigenvalue weighted by molar-refractivity contribution is 0.303. The quantitative estimate of drug-likeness (QED) is 0.365. The Hall–Kier alpha value is -1.26. The molecule has 0 amide bonds. The minimum atomic E-state index is 0.0709. The van der Waals surface area contributed by atoms with Crippen molar-refractivity contribution in [2.45, 2.75) is 26.8 Å². The van der Waals surface area contributed by atoms with E-state index in [1.807, 2.05) is 12.1 Å². The van der Waals surface area contributed by atoms with Crippen molar-refractivity contribution in [1.82, 2.24) is 4.90 Å². The topological polar surface area (TPSA) is 61.8 Å². The molecule has 5 heteroatoms. The number of hydrogen-bond donors (Lipinski definition) is 2. The van der Waals surface area contributed by atoms with Gasteiger partial charge >= 0.3 is 0 Å². The van der Waals surface area contributed by atoms with Crippen LogP contribution in [0.4, 0.5) is 0 Å². The summed E-state index contributed by atoms with van der Waals surface area (Å²) in [6.45, 7) is 6.26. The van der Waals surface area contributed by atoms with E-state index in [0.717, 1.165) is 25.1 Å². The highest BCUT2D eigenvalue weighted by molar-refractivity contribution is 6.31. The molecule has 1 rings (SSSR count). The van der Waals surface area contributed by atoms with Crippen molar-refractivity contribution in [2.75, 3.05) is 13.6 Å². The third-order valence-corrected chi connectivity index (χ3v) is 3.34. The third-order valence-electron chi connectivity index (χ3n) is 2.98. The normalized spacial score (nSPS) is 12.4. The van der Waals surface area contributed by atoms with Gasteiger partial charge in [-0.15, -0.1) is 0 Å². The van der Waals surface area contributed by atoms with E-state index in [0.29, 0.717) is 16.5 Å². The van der Waals surface area contributed by atoms with Gasteiger partial charge in [-0.2, -0.15) is 0 Å². The molecular formula is C14H22ClN3O. The van der Waals surface area contributed by atoms with Crippen LogP contribution in [-0.4, -0.2) is 29.5 Å². The van der Waals surface area contributed by atoms with E-state index in [2.05, 4.69) is 31.0 Å². The summed E-state index contributed by atoms with van der Waals surface area (Å²) in [4.78, 5) is 2.24. The first kappa shape index (κ1) is 15.8. The summed E-state index contributed by atoms with van der Waals surface area (Å²) >= 11 is 6.22. The molecule has 19 heavy (non-hydrogen) atoms. The zero-order chi connectivity index (χ0) is 14.4. The molecule has 0 saturated carbocycles. The minimum absolute atomic E-state index is 0.0709. The van der Waals surface area contributed by atoms with Gasteiger partial charge in [0.15, 0.2) is 5.84 Å². The van der Waals surface area contributed by atoms with E-state index in [4.69, 9.17) is 22.5 Å². The van der Waals surface area contributed by atoms with E-state index in [9.17, 15) is 0 Å². The molecule has 1 aromatic carbocycles. The van der Waals surface area contributed by atoms with Gasteiger partial charge in [-0.05, 0) is 37.6 Å². The van der Waals surface area contributed by atoms with Crippen molar-refractivity contribution in [3.8, 4) is 0 Å². The zero-order valence-electron chi connectivity index (χ0n) is 11.7. The molecule has 0 heterocycles. The Bertz CT molecular complexity index is 446. The van der Waals surface area contributed by atoms with Gasteiger partial charge in [-0.1, -0.05) is 42.7 Å². The lowest BCUT2D eigenvalue weighted by atomic mass is 10.1. The van der Waals surface area contributed by atoms with Gasteiger partial charge in [0, 0.05) is 17.1 Å². The van der Waals surface area contributed by atoms with E-state index in [-0.39, 0.29) is 5.84 Å². The molecule has 0 fully saturated rings. The summed E-state index contributed by atoms with van der Waals surface area (Å²) in [7, 11) is 2.08. The Morgan fingerprint density at radius 1 is 1.47 bits per heavy atom. The summed E-state index contributed by atoms with van der Waals surface area (Å²) in [5.74, 6) is 0.766. The summed E-state index contributed by atoms with van der Waals surface area (Å²) in [5, 5.41) is 12.2. The predicted molar refractivity (Wildman–Crippen MR) is 79.8 cm³/mol. The molecule has 3 N–H and O–H groups in total. The van der Waals surface area contributed by atoms with E-state index in [1.54, 1.807) is 6.07 Å². The SMILES string of the molecule is CC(C)CCN(C)Cc1ccc(/C(N)=N/O)cc1Cl. The number of nitrogens with zero attached hydrogens (tertiary/aromatic N) is 2. The maximum atomic E-state index is 8.63. The molecule has 106 valence electrons. The molecule has 0 spiro atoms. The molecular weight excluding hydrogens is 262 g/mol. The van der Waals surface area contributed by atoms with Crippen LogP contribution in [0.2, 0.25) is 5.02 Å². The fraction of sp³-hybridized carbons (Fsp3) is 0.500. The molecule has 0 aliphatic heterocycles.